The van der Waals surface area contributed by atoms with Crippen LogP contribution in [-0.4, -0.2) is 32.8 Å². The molecule has 10 heteroatoms. The van der Waals surface area contributed by atoms with Crippen LogP contribution in [-0.2, 0) is 9.59 Å². The molecule has 2 aromatic carbocycles. The molecular weight excluding hydrogens is 452 g/mol. The molecule has 8 nitrogen and oxygen atoms in total. The molecule has 0 radical (unpaired) electrons. The van der Waals surface area contributed by atoms with Gasteiger partial charge in [0, 0.05) is 24.4 Å². The second-order valence-electron chi connectivity index (χ2n) is 6.83. The number of hydrogen-bond donors (Lipinski definition) is 0. The summed E-state index contributed by atoms with van der Waals surface area (Å²) in [5, 5.41) is 9.37. The van der Waals surface area contributed by atoms with E-state index in [1.54, 1.807) is 24.3 Å². The van der Waals surface area contributed by atoms with Gasteiger partial charge in [-0.25, -0.2) is 0 Å². The Morgan fingerprint density at radius 2 is 1.97 bits per heavy atom. The number of amides is 1. The smallest absolute Gasteiger partial charge is 0.308 e. The lowest BCUT2D eigenvalue weighted by atomic mass is 10.1. The summed E-state index contributed by atoms with van der Waals surface area (Å²) in [5.41, 5.74) is 2.01. The largest absolute Gasteiger partial charge is 0.447 e. The molecule has 4 rings (SSSR count). The molecule has 0 unspecified atom stereocenters. The number of fused-ring (bicyclic) bond motifs is 3. The van der Waals surface area contributed by atoms with Crippen LogP contribution in [0.25, 0.3) is 11.3 Å². The highest BCUT2D eigenvalue weighted by atomic mass is 35.5. The van der Waals surface area contributed by atoms with Crippen LogP contribution >= 0.6 is 23.4 Å². The molecule has 3 aromatic rings. The maximum Gasteiger partial charge on any atom is 0.308 e. The molecular formula is C22H19ClN4O4S. The number of carbonyl (C=O) groups is 2. The summed E-state index contributed by atoms with van der Waals surface area (Å²) >= 11 is 7.69. The highest BCUT2D eigenvalue weighted by molar-refractivity contribution is 7.99. The average Bonchev–Trinajstić information content (AvgIpc) is 2.89. The summed E-state index contributed by atoms with van der Waals surface area (Å²) < 4.78 is 11.7. The normalized spacial score (nSPS) is 14.6. The Kier molecular flexibility index (Phi) is 6.29. The third kappa shape index (κ3) is 4.26. The Hall–Kier alpha value is -3.17. The predicted molar refractivity (Wildman–Crippen MR) is 121 cm³/mol. The maximum atomic E-state index is 12.9. The van der Waals surface area contributed by atoms with Crippen molar-refractivity contribution in [3.63, 3.8) is 0 Å². The van der Waals surface area contributed by atoms with Gasteiger partial charge >= 0.3 is 5.97 Å². The average molecular weight is 471 g/mol. The molecule has 0 saturated carbocycles. The minimum absolute atomic E-state index is 0.214. The fourth-order valence-electron chi connectivity index (χ4n) is 3.41. The second kappa shape index (κ2) is 9.13. The first-order valence-electron chi connectivity index (χ1n) is 9.80. The molecule has 1 aromatic heterocycles. The topological polar surface area (TPSA) is 94.5 Å². The van der Waals surface area contributed by atoms with Gasteiger partial charge in [-0.1, -0.05) is 48.5 Å². The molecule has 164 valence electrons. The Labute approximate surface area is 193 Å². The molecule has 0 fully saturated rings. The number of anilines is 1. The number of para-hydroxylation sites is 1. The van der Waals surface area contributed by atoms with Crippen LogP contribution in [0.4, 0.5) is 5.69 Å². The third-order valence-corrected chi connectivity index (χ3v) is 5.57. The number of rotatable bonds is 4. The second-order valence-corrected chi connectivity index (χ2v) is 8.50. The lowest BCUT2D eigenvalue weighted by molar-refractivity contribution is -0.132. The van der Waals surface area contributed by atoms with Gasteiger partial charge in [0.15, 0.2) is 5.69 Å². The summed E-state index contributed by atoms with van der Waals surface area (Å²) in [6, 6.07) is 12.0. The van der Waals surface area contributed by atoms with E-state index in [4.69, 9.17) is 21.1 Å². The number of hydrogen-bond acceptors (Lipinski definition) is 8. The van der Waals surface area contributed by atoms with E-state index >= 15 is 0 Å². The van der Waals surface area contributed by atoms with E-state index < -0.39 is 12.2 Å². The van der Waals surface area contributed by atoms with E-state index in [1.165, 1.54) is 30.5 Å². The Morgan fingerprint density at radius 1 is 1.19 bits per heavy atom. The van der Waals surface area contributed by atoms with Crippen LogP contribution in [0.1, 0.15) is 32.6 Å². The molecule has 0 N–H and O–H groups in total. The Morgan fingerprint density at radius 3 is 2.69 bits per heavy atom. The highest BCUT2D eigenvalue weighted by Gasteiger charge is 2.36. The van der Waals surface area contributed by atoms with E-state index in [-0.39, 0.29) is 17.5 Å². The third-order valence-electron chi connectivity index (χ3n) is 4.62. The van der Waals surface area contributed by atoms with Crippen LogP contribution < -0.4 is 14.4 Å². The van der Waals surface area contributed by atoms with Crippen LogP contribution in [0, 0.1) is 0 Å². The first-order chi connectivity index (χ1) is 15.4. The van der Waals surface area contributed by atoms with Crippen LogP contribution in [0.5, 0.6) is 11.6 Å². The first kappa shape index (κ1) is 22.0. The minimum Gasteiger partial charge on any atom is -0.447 e. The number of benzene rings is 2. The molecule has 2 heterocycles. The van der Waals surface area contributed by atoms with Gasteiger partial charge in [0.1, 0.15) is 5.75 Å². The fourth-order valence-corrected chi connectivity index (χ4v) is 4.09. The Balaban J connectivity index is 1.97. The number of ether oxygens (including phenoxy) is 2. The van der Waals surface area contributed by atoms with Crippen LogP contribution in [0.15, 0.2) is 47.6 Å². The molecule has 1 atom stereocenters. The monoisotopic (exact) mass is 470 g/mol. The van der Waals surface area contributed by atoms with Gasteiger partial charge in [-0.2, -0.15) is 4.98 Å². The summed E-state index contributed by atoms with van der Waals surface area (Å²) in [7, 11) is 0. The van der Waals surface area contributed by atoms with Crippen molar-refractivity contribution in [2.75, 3.05) is 10.7 Å². The van der Waals surface area contributed by atoms with E-state index in [0.717, 1.165) is 5.75 Å². The van der Waals surface area contributed by atoms with Crippen molar-refractivity contribution in [3.05, 3.63) is 53.1 Å². The van der Waals surface area contributed by atoms with Gasteiger partial charge in [0.25, 0.3) is 0 Å². The van der Waals surface area contributed by atoms with Crippen LogP contribution in [0.2, 0.25) is 5.02 Å². The molecule has 0 bridgehead atoms. The summed E-state index contributed by atoms with van der Waals surface area (Å²) in [4.78, 5) is 30.6. The fraction of sp³-hybridized carbons (Fsp3) is 0.227. The molecule has 1 aliphatic rings. The number of esters is 1. The molecule has 1 amide bonds. The number of halogens is 1. The first-order valence-corrected chi connectivity index (χ1v) is 11.2. The quantitative estimate of drug-likeness (QED) is 0.308. The molecule has 0 saturated heterocycles. The molecule has 1 aliphatic heterocycles. The summed E-state index contributed by atoms with van der Waals surface area (Å²) in [6.07, 6.45) is -1.01. The zero-order valence-electron chi connectivity index (χ0n) is 17.5. The van der Waals surface area contributed by atoms with Gasteiger partial charge in [-0.15, -0.1) is 10.2 Å². The Bertz CT molecular complexity index is 1210. The summed E-state index contributed by atoms with van der Waals surface area (Å²) in [6.45, 7) is 4.70. The zero-order chi connectivity index (χ0) is 22.8. The SMILES string of the molecule is CCSc1nnc2c(n1)O[C@H](c1cc(Cl)ccc1OC(C)=O)N(C(C)=O)c1ccccc1-2. The minimum atomic E-state index is -1.01. The lowest BCUT2D eigenvalue weighted by Crippen LogP contribution is -2.36. The molecule has 0 spiro atoms. The van der Waals surface area contributed by atoms with Gasteiger partial charge < -0.3 is 9.47 Å². The van der Waals surface area contributed by atoms with Crippen LogP contribution in [0.3, 0.4) is 0 Å². The van der Waals surface area contributed by atoms with Gasteiger partial charge in [0.2, 0.25) is 23.2 Å². The van der Waals surface area contributed by atoms with Crippen molar-refractivity contribution in [3.8, 4) is 22.9 Å². The van der Waals surface area contributed by atoms with E-state index in [1.807, 2.05) is 25.1 Å². The lowest BCUT2D eigenvalue weighted by Gasteiger charge is -2.30. The van der Waals surface area contributed by atoms with Crippen molar-refractivity contribution in [2.24, 2.45) is 0 Å². The van der Waals surface area contributed by atoms with Crippen molar-refractivity contribution in [1.82, 2.24) is 15.2 Å². The van der Waals surface area contributed by atoms with Gasteiger partial charge in [-0.05, 0) is 30.0 Å². The number of thioether (sulfide) groups is 1. The van der Waals surface area contributed by atoms with E-state index in [9.17, 15) is 9.59 Å². The highest BCUT2D eigenvalue weighted by Crippen LogP contribution is 2.45. The summed E-state index contributed by atoms with van der Waals surface area (Å²) in [5.74, 6) is 0.392. The molecule has 32 heavy (non-hydrogen) atoms. The van der Waals surface area contributed by atoms with Crippen molar-refractivity contribution >= 4 is 40.9 Å². The maximum absolute atomic E-state index is 12.9. The molecule has 0 aliphatic carbocycles. The number of nitrogens with zero attached hydrogens (tertiary/aromatic N) is 4. The zero-order valence-corrected chi connectivity index (χ0v) is 19.1. The van der Waals surface area contributed by atoms with Crippen molar-refractivity contribution < 1.29 is 19.1 Å². The standard InChI is InChI=1S/C22H19ClN4O4S/c1-4-32-22-24-20-19(25-26-22)15-7-5-6-8-17(15)27(12(2)28)21(31-20)16-11-14(23)9-10-18(16)30-13(3)29/h5-11,21H,4H2,1-3H3/t21-/m1/s1. The number of aromatic nitrogens is 3. The van der Waals surface area contributed by atoms with E-state index in [2.05, 4.69) is 15.2 Å². The van der Waals surface area contributed by atoms with Crippen molar-refractivity contribution in [1.29, 1.82) is 0 Å². The van der Waals surface area contributed by atoms with Crippen molar-refractivity contribution in [2.45, 2.75) is 32.2 Å². The van der Waals surface area contributed by atoms with Gasteiger partial charge in [0.05, 0.1) is 11.3 Å². The van der Waals surface area contributed by atoms with E-state index in [0.29, 0.717) is 32.7 Å². The van der Waals surface area contributed by atoms with Gasteiger partial charge in [-0.3, -0.25) is 14.5 Å². The number of carbonyl (C=O) groups excluding carboxylic acids is 2. The predicted octanol–water partition coefficient (Wildman–Crippen LogP) is 4.67.